The van der Waals surface area contributed by atoms with Gasteiger partial charge in [0.05, 0.1) is 0 Å². The van der Waals surface area contributed by atoms with Crippen molar-refractivity contribution in [2.24, 2.45) is 0 Å². The number of nitrogens with zero attached hydrogens (tertiary/aromatic N) is 2. The van der Waals surface area contributed by atoms with Crippen LogP contribution in [0.2, 0.25) is 0 Å². The molecule has 2 rings (SSSR count). The summed E-state index contributed by atoms with van der Waals surface area (Å²) in [5.74, 6) is -2.91. The van der Waals surface area contributed by atoms with Crippen molar-refractivity contribution in [1.29, 1.82) is 0 Å². The molecule has 1 aliphatic heterocycles. The number of carbonyl (C=O) groups excluding carboxylic acids is 2. The topological polar surface area (TPSA) is 98.2 Å². The Kier molecular flexibility index (Phi) is 4.54. The summed E-state index contributed by atoms with van der Waals surface area (Å²) in [6.45, 7) is 0.722. The number of carbonyl (C=O) groups is 3. The van der Waals surface area contributed by atoms with Gasteiger partial charge in [0, 0.05) is 26.2 Å². The van der Waals surface area contributed by atoms with Crippen LogP contribution < -0.4 is 0 Å². The Bertz CT molecular complexity index is 538. The summed E-state index contributed by atoms with van der Waals surface area (Å²) >= 11 is 0. The highest BCUT2D eigenvalue weighted by Gasteiger charge is 2.30. The summed E-state index contributed by atoms with van der Waals surface area (Å²) in [4.78, 5) is 36.7. The Morgan fingerprint density at radius 3 is 2.00 bits per heavy atom. The number of carboxylic acids is 1. The summed E-state index contributed by atoms with van der Waals surface area (Å²) in [5.41, 5.74) is 0.506. The number of aliphatic carboxylic acids is 1. The number of benzene rings is 1. The van der Waals surface area contributed by atoms with Crippen molar-refractivity contribution < 1.29 is 24.6 Å². The second-order valence-corrected chi connectivity index (χ2v) is 4.74. The van der Waals surface area contributed by atoms with Gasteiger partial charge in [0.15, 0.2) is 6.10 Å². The van der Waals surface area contributed by atoms with Crippen LogP contribution in [0.4, 0.5) is 0 Å². The van der Waals surface area contributed by atoms with Gasteiger partial charge in [-0.1, -0.05) is 30.3 Å². The molecule has 112 valence electrons. The first-order valence-corrected chi connectivity index (χ1v) is 6.54. The number of hydrogen-bond acceptors (Lipinski definition) is 4. The van der Waals surface area contributed by atoms with Crippen LogP contribution in [0.5, 0.6) is 0 Å². The molecule has 0 aliphatic carbocycles. The summed E-state index contributed by atoms with van der Waals surface area (Å²) in [6.07, 6.45) is -1.24. The highest BCUT2D eigenvalue weighted by Crippen LogP contribution is 2.16. The first-order valence-electron chi connectivity index (χ1n) is 6.54. The second-order valence-electron chi connectivity index (χ2n) is 4.74. The molecule has 21 heavy (non-hydrogen) atoms. The lowest BCUT2D eigenvalue weighted by molar-refractivity contribution is -0.158. The van der Waals surface area contributed by atoms with E-state index in [4.69, 9.17) is 5.11 Å². The van der Waals surface area contributed by atoms with Gasteiger partial charge in [0.2, 0.25) is 0 Å². The fourth-order valence-corrected chi connectivity index (χ4v) is 2.22. The lowest BCUT2D eigenvalue weighted by atomic mass is 10.1. The molecular weight excluding hydrogens is 276 g/mol. The number of piperazine rings is 1. The molecule has 2 amide bonds. The van der Waals surface area contributed by atoms with E-state index in [0.29, 0.717) is 5.56 Å². The standard InChI is InChI=1S/C14H16N2O5/c17-11(10-4-2-1-3-5-10)12(18)15-6-8-16(9-7-15)13(19)14(20)21/h1-5,11,17H,6-9H2,(H,20,21). The van der Waals surface area contributed by atoms with Gasteiger partial charge in [-0.3, -0.25) is 9.59 Å². The van der Waals surface area contributed by atoms with Crippen LogP contribution in [-0.4, -0.2) is 64.0 Å². The van der Waals surface area contributed by atoms with Gasteiger partial charge < -0.3 is 20.0 Å². The second kappa shape index (κ2) is 6.36. The molecule has 0 radical (unpaired) electrons. The molecule has 1 atom stereocenters. The molecule has 0 saturated carbocycles. The summed E-state index contributed by atoms with van der Waals surface area (Å²) in [6, 6.07) is 8.57. The molecule has 1 aromatic carbocycles. The molecule has 1 unspecified atom stereocenters. The van der Waals surface area contributed by atoms with E-state index < -0.39 is 23.9 Å². The van der Waals surface area contributed by atoms with E-state index in [1.54, 1.807) is 30.3 Å². The first-order chi connectivity index (χ1) is 10.0. The molecule has 2 N–H and O–H groups in total. The van der Waals surface area contributed by atoms with E-state index >= 15 is 0 Å². The third-order valence-corrected chi connectivity index (χ3v) is 3.41. The molecule has 7 heteroatoms. The molecule has 1 aliphatic rings. The fraction of sp³-hybridized carbons (Fsp3) is 0.357. The SMILES string of the molecule is O=C(O)C(=O)N1CCN(C(=O)C(O)c2ccccc2)CC1. The van der Waals surface area contributed by atoms with Crippen molar-refractivity contribution in [2.75, 3.05) is 26.2 Å². The number of aliphatic hydroxyl groups excluding tert-OH is 1. The van der Waals surface area contributed by atoms with Gasteiger partial charge in [0.1, 0.15) is 0 Å². The minimum absolute atomic E-state index is 0.151. The molecule has 7 nitrogen and oxygen atoms in total. The van der Waals surface area contributed by atoms with Gasteiger partial charge in [-0.15, -0.1) is 0 Å². The number of aliphatic hydroxyl groups is 1. The van der Waals surface area contributed by atoms with Crippen LogP contribution in [-0.2, 0) is 14.4 Å². The zero-order chi connectivity index (χ0) is 15.4. The van der Waals surface area contributed by atoms with Gasteiger partial charge in [-0.2, -0.15) is 0 Å². The molecule has 1 fully saturated rings. The maximum Gasteiger partial charge on any atom is 0.394 e. The van der Waals surface area contributed by atoms with Gasteiger partial charge in [-0.25, -0.2) is 4.79 Å². The summed E-state index contributed by atoms with van der Waals surface area (Å²) in [7, 11) is 0. The van der Waals surface area contributed by atoms with E-state index in [9.17, 15) is 19.5 Å². The smallest absolute Gasteiger partial charge is 0.394 e. The molecule has 1 saturated heterocycles. The van der Waals surface area contributed by atoms with Crippen molar-refractivity contribution in [3.8, 4) is 0 Å². The number of rotatable bonds is 2. The molecule has 0 spiro atoms. The quantitative estimate of drug-likeness (QED) is 0.714. The van der Waals surface area contributed by atoms with Crippen molar-refractivity contribution in [3.05, 3.63) is 35.9 Å². The fourth-order valence-electron chi connectivity index (χ4n) is 2.22. The third kappa shape index (κ3) is 3.38. The van der Waals surface area contributed by atoms with Gasteiger partial charge >= 0.3 is 11.9 Å². The van der Waals surface area contributed by atoms with Crippen molar-refractivity contribution in [2.45, 2.75) is 6.10 Å². The predicted octanol–water partition coefficient (Wildman–Crippen LogP) is -0.525. The summed E-state index contributed by atoms with van der Waals surface area (Å²) in [5, 5.41) is 18.7. The van der Waals surface area contributed by atoms with E-state index in [1.807, 2.05) is 0 Å². The number of amides is 2. The highest BCUT2D eigenvalue weighted by atomic mass is 16.4. The van der Waals surface area contributed by atoms with Crippen LogP contribution in [0.15, 0.2) is 30.3 Å². The van der Waals surface area contributed by atoms with Crippen LogP contribution >= 0.6 is 0 Å². The Balaban J connectivity index is 1.94. The Morgan fingerprint density at radius 1 is 0.952 bits per heavy atom. The lowest BCUT2D eigenvalue weighted by Gasteiger charge is -2.34. The molecular formula is C14H16N2O5. The van der Waals surface area contributed by atoms with Crippen LogP contribution in [0.25, 0.3) is 0 Å². The Morgan fingerprint density at radius 2 is 1.48 bits per heavy atom. The lowest BCUT2D eigenvalue weighted by Crippen LogP contribution is -2.53. The van der Waals surface area contributed by atoms with Crippen LogP contribution in [0, 0.1) is 0 Å². The van der Waals surface area contributed by atoms with E-state index in [2.05, 4.69) is 0 Å². The number of hydrogen-bond donors (Lipinski definition) is 2. The zero-order valence-corrected chi connectivity index (χ0v) is 11.3. The third-order valence-electron chi connectivity index (χ3n) is 3.41. The molecule has 0 aromatic heterocycles. The Labute approximate surface area is 121 Å². The normalized spacial score (nSPS) is 16.4. The molecule has 0 bridgehead atoms. The zero-order valence-electron chi connectivity index (χ0n) is 11.3. The maximum absolute atomic E-state index is 12.2. The largest absolute Gasteiger partial charge is 0.474 e. The monoisotopic (exact) mass is 292 g/mol. The average Bonchev–Trinajstić information content (AvgIpc) is 2.53. The summed E-state index contributed by atoms with van der Waals surface area (Å²) < 4.78 is 0. The predicted molar refractivity (Wildman–Crippen MR) is 72.2 cm³/mol. The van der Waals surface area contributed by atoms with E-state index in [0.717, 1.165) is 0 Å². The van der Waals surface area contributed by atoms with E-state index in [-0.39, 0.29) is 26.2 Å². The Hall–Kier alpha value is -2.41. The number of carboxylic acid groups (broad SMARTS) is 1. The molecule has 1 aromatic rings. The average molecular weight is 292 g/mol. The minimum Gasteiger partial charge on any atom is -0.474 e. The van der Waals surface area contributed by atoms with Gasteiger partial charge in [-0.05, 0) is 5.56 Å². The van der Waals surface area contributed by atoms with Crippen LogP contribution in [0.1, 0.15) is 11.7 Å². The minimum atomic E-state index is -1.50. The van der Waals surface area contributed by atoms with E-state index in [1.165, 1.54) is 9.80 Å². The van der Waals surface area contributed by atoms with Crippen molar-refractivity contribution in [1.82, 2.24) is 9.80 Å². The van der Waals surface area contributed by atoms with Gasteiger partial charge in [0.25, 0.3) is 5.91 Å². The van der Waals surface area contributed by atoms with Crippen molar-refractivity contribution >= 4 is 17.8 Å². The highest BCUT2D eigenvalue weighted by molar-refractivity contribution is 6.31. The first kappa shape index (κ1) is 15.0. The van der Waals surface area contributed by atoms with Crippen molar-refractivity contribution in [3.63, 3.8) is 0 Å². The van der Waals surface area contributed by atoms with Crippen LogP contribution in [0.3, 0.4) is 0 Å². The maximum atomic E-state index is 12.2. The molecule has 1 heterocycles.